The van der Waals surface area contributed by atoms with E-state index in [2.05, 4.69) is 31.0 Å². The van der Waals surface area contributed by atoms with Crippen LogP contribution in [0.25, 0.3) is 0 Å². The standard InChI is InChI=1S/C7H14N2/c1-5-7(6(2)3)9-8-4/h5-6,8H,1H2,2-4H3/b9-7+. The molecule has 0 rings (SSSR count). The van der Waals surface area contributed by atoms with E-state index >= 15 is 0 Å². The van der Waals surface area contributed by atoms with Crippen molar-refractivity contribution in [3.05, 3.63) is 12.7 Å². The Balaban J connectivity index is 3.97. The molecule has 0 heterocycles. The second-order valence-corrected chi connectivity index (χ2v) is 2.12. The molecular weight excluding hydrogens is 112 g/mol. The quantitative estimate of drug-likeness (QED) is 0.448. The van der Waals surface area contributed by atoms with Crippen LogP contribution in [-0.2, 0) is 0 Å². The Bertz CT molecular complexity index is 114. The topological polar surface area (TPSA) is 24.4 Å². The second kappa shape index (κ2) is 4.13. The molecule has 0 bridgehead atoms. The minimum Gasteiger partial charge on any atom is -0.313 e. The van der Waals surface area contributed by atoms with Gasteiger partial charge >= 0.3 is 0 Å². The first-order valence-corrected chi connectivity index (χ1v) is 3.09. The van der Waals surface area contributed by atoms with Crippen molar-refractivity contribution in [1.29, 1.82) is 0 Å². The Morgan fingerprint density at radius 1 is 1.67 bits per heavy atom. The zero-order valence-corrected chi connectivity index (χ0v) is 6.31. The second-order valence-electron chi connectivity index (χ2n) is 2.12. The van der Waals surface area contributed by atoms with Gasteiger partial charge in [0.15, 0.2) is 0 Å². The van der Waals surface area contributed by atoms with E-state index < -0.39 is 0 Å². The van der Waals surface area contributed by atoms with Gasteiger partial charge in [0.05, 0.1) is 5.71 Å². The Morgan fingerprint density at radius 2 is 2.22 bits per heavy atom. The molecule has 2 heteroatoms. The molecule has 0 fully saturated rings. The van der Waals surface area contributed by atoms with Crippen molar-refractivity contribution in [2.75, 3.05) is 7.05 Å². The summed E-state index contributed by atoms with van der Waals surface area (Å²) in [6.45, 7) is 7.79. The third-order valence-electron chi connectivity index (χ3n) is 1.04. The maximum atomic E-state index is 3.99. The predicted molar refractivity (Wildman–Crippen MR) is 41.5 cm³/mol. The molecule has 52 valence electrons. The monoisotopic (exact) mass is 126 g/mol. The number of nitrogens with zero attached hydrogens (tertiary/aromatic N) is 1. The van der Waals surface area contributed by atoms with Gasteiger partial charge < -0.3 is 5.43 Å². The number of allylic oxidation sites excluding steroid dienone is 1. The van der Waals surface area contributed by atoms with Crippen LogP contribution >= 0.6 is 0 Å². The first-order valence-electron chi connectivity index (χ1n) is 3.09. The van der Waals surface area contributed by atoms with Crippen molar-refractivity contribution in [2.45, 2.75) is 13.8 Å². The third-order valence-corrected chi connectivity index (χ3v) is 1.04. The van der Waals surface area contributed by atoms with E-state index in [9.17, 15) is 0 Å². The lowest BCUT2D eigenvalue weighted by Gasteiger charge is -2.02. The summed E-state index contributed by atoms with van der Waals surface area (Å²) >= 11 is 0. The summed E-state index contributed by atoms with van der Waals surface area (Å²) < 4.78 is 0. The van der Waals surface area contributed by atoms with Crippen LogP contribution in [0.1, 0.15) is 13.8 Å². The van der Waals surface area contributed by atoms with Crippen molar-refractivity contribution in [1.82, 2.24) is 5.43 Å². The molecule has 0 spiro atoms. The van der Waals surface area contributed by atoms with Gasteiger partial charge in [0.25, 0.3) is 0 Å². The van der Waals surface area contributed by atoms with Crippen LogP contribution in [0, 0.1) is 5.92 Å². The van der Waals surface area contributed by atoms with Gasteiger partial charge in [-0.1, -0.05) is 20.4 Å². The molecule has 0 saturated carbocycles. The zero-order chi connectivity index (χ0) is 7.28. The molecule has 0 aliphatic heterocycles. The van der Waals surface area contributed by atoms with E-state index in [4.69, 9.17) is 0 Å². The van der Waals surface area contributed by atoms with Gasteiger partial charge in [0.1, 0.15) is 0 Å². The first kappa shape index (κ1) is 8.21. The van der Waals surface area contributed by atoms with Crippen LogP contribution in [0.3, 0.4) is 0 Å². The summed E-state index contributed by atoms with van der Waals surface area (Å²) in [6, 6.07) is 0. The van der Waals surface area contributed by atoms with Crippen LogP contribution in [-0.4, -0.2) is 12.8 Å². The number of nitrogens with one attached hydrogen (secondary N) is 1. The van der Waals surface area contributed by atoms with Crippen LogP contribution in [0.5, 0.6) is 0 Å². The summed E-state index contributed by atoms with van der Waals surface area (Å²) in [5, 5.41) is 3.99. The summed E-state index contributed by atoms with van der Waals surface area (Å²) in [6.07, 6.45) is 1.77. The minimum atomic E-state index is 0.454. The highest BCUT2D eigenvalue weighted by Crippen LogP contribution is 1.95. The van der Waals surface area contributed by atoms with E-state index in [0.29, 0.717) is 5.92 Å². The van der Waals surface area contributed by atoms with Crippen molar-refractivity contribution >= 4 is 5.71 Å². The van der Waals surface area contributed by atoms with Gasteiger partial charge in [-0.2, -0.15) is 5.10 Å². The molecule has 0 amide bonds. The number of hydrazone groups is 1. The van der Waals surface area contributed by atoms with Crippen molar-refractivity contribution in [3.8, 4) is 0 Å². The third kappa shape index (κ3) is 2.90. The maximum Gasteiger partial charge on any atom is 0.0622 e. The number of hydrogen-bond donors (Lipinski definition) is 1. The average Bonchev–Trinajstić information content (AvgIpc) is 1.82. The summed E-state index contributed by atoms with van der Waals surface area (Å²) in [5.74, 6) is 0.454. The lowest BCUT2D eigenvalue weighted by atomic mass is 10.1. The summed E-state index contributed by atoms with van der Waals surface area (Å²) in [5.41, 5.74) is 3.71. The van der Waals surface area contributed by atoms with Crippen molar-refractivity contribution in [2.24, 2.45) is 11.0 Å². The highest BCUT2D eigenvalue weighted by atomic mass is 15.3. The fraction of sp³-hybridized carbons (Fsp3) is 0.571. The smallest absolute Gasteiger partial charge is 0.0622 e. The van der Waals surface area contributed by atoms with Gasteiger partial charge in [-0.25, -0.2) is 0 Å². The van der Waals surface area contributed by atoms with Gasteiger partial charge in [-0.15, -0.1) is 0 Å². The fourth-order valence-electron chi connectivity index (χ4n) is 0.540. The highest BCUT2D eigenvalue weighted by Gasteiger charge is 1.97. The first-order chi connectivity index (χ1) is 4.22. The molecule has 0 aromatic heterocycles. The van der Waals surface area contributed by atoms with Crippen LogP contribution in [0.15, 0.2) is 17.8 Å². The van der Waals surface area contributed by atoms with E-state index in [1.54, 1.807) is 13.1 Å². The van der Waals surface area contributed by atoms with Crippen molar-refractivity contribution in [3.63, 3.8) is 0 Å². The highest BCUT2D eigenvalue weighted by molar-refractivity contribution is 5.95. The average molecular weight is 126 g/mol. The molecule has 0 atom stereocenters. The van der Waals surface area contributed by atoms with Crippen LogP contribution < -0.4 is 5.43 Å². The normalized spacial score (nSPS) is 11.8. The van der Waals surface area contributed by atoms with E-state index in [0.717, 1.165) is 5.71 Å². The number of hydrogen-bond acceptors (Lipinski definition) is 2. The van der Waals surface area contributed by atoms with Gasteiger partial charge in [-0.05, 0) is 12.0 Å². The predicted octanol–water partition coefficient (Wildman–Crippen LogP) is 1.40. The molecular formula is C7H14N2. The molecule has 0 unspecified atom stereocenters. The molecule has 0 saturated heterocycles. The molecule has 0 aromatic carbocycles. The SMILES string of the molecule is C=C/C(=N\NC)C(C)C. The molecule has 0 aliphatic rings. The van der Waals surface area contributed by atoms with Gasteiger partial charge in [0, 0.05) is 7.05 Å². The Hall–Kier alpha value is -0.790. The summed E-state index contributed by atoms with van der Waals surface area (Å²) in [7, 11) is 1.78. The molecule has 0 radical (unpaired) electrons. The van der Waals surface area contributed by atoms with E-state index in [1.807, 2.05) is 0 Å². The Kier molecular flexibility index (Phi) is 3.76. The number of rotatable bonds is 3. The molecule has 0 aromatic rings. The fourth-order valence-corrected chi connectivity index (χ4v) is 0.540. The lowest BCUT2D eigenvalue weighted by molar-refractivity contribution is 0.832. The van der Waals surface area contributed by atoms with Crippen molar-refractivity contribution < 1.29 is 0 Å². The zero-order valence-electron chi connectivity index (χ0n) is 6.31. The van der Waals surface area contributed by atoms with E-state index in [-0.39, 0.29) is 0 Å². The summed E-state index contributed by atoms with van der Waals surface area (Å²) in [4.78, 5) is 0. The Labute approximate surface area is 56.7 Å². The van der Waals surface area contributed by atoms with Crippen LogP contribution in [0.4, 0.5) is 0 Å². The van der Waals surface area contributed by atoms with Crippen LogP contribution in [0.2, 0.25) is 0 Å². The minimum absolute atomic E-state index is 0.454. The molecule has 1 N–H and O–H groups in total. The molecule has 0 aliphatic carbocycles. The largest absolute Gasteiger partial charge is 0.313 e. The van der Waals surface area contributed by atoms with Gasteiger partial charge in [-0.3, -0.25) is 0 Å². The lowest BCUT2D eigenvalue weighted by Crippen LogP contribution is -2.08. The van der Waals surface area contributed by atoms with Gasteiger partial charge in [0.2, 0.25) is 0 Å². The maximum absolute atomic E-state index is 3.99. The molecule has 9 heavy (non-hydrogen) atoms. The molecule has 2 nitrogen and oxygen atoms in total. The Morgan fingerprint density at radius 3 is 2.33 bits per heavy atom. The van der Waals surface area contributed by atoms with E-state index in [1.165, 1.54) is 0 Å².